The summed E-state index contributed by atoms with van der Waals surface area (Å²) in [5, 5.41) is 0. The zero-order valence-corrected chi connectivity index (χ0v) is 9.15. The highest BCUT2D eigenvalue weighted by molar-refractivity contribution is 5.75. The largest absolute Gasteiger partial charge is 0.459 e. The van der Waals surface area contributed by atoms with Crippen LogP contribution in [0.3, 0.4) is 0 Å². The Morgan fingerprint density at radius 3 is 2.93 bits per heavy atom. The molecule has 0 bridgehead atoms. The summed E-state index contributed by atoms with van der Waals surface area (Å²) in [5.41, 5.74) is 5.71. The van der Waals surface area contributed by atoms with E-state index in [4.69, 9.17) is 15.2 Å². The summed E-state index contributed by atoms with van der Waals surface area (Å²) >= 11 is 0. The lowest BCUT2D eigenvalue weighted by Gasteiger charge is -2.23. The number of cyclic esters (lactones) is 1. The minimum Gasteiger partial charge on any atom is -0.459 e. The van der Waals surface area contributed by atoms with E-state index in [1.807, 2.05) is 6.92 Å². The Kier molecular flexibility index (Phi) is 3.26. The Balaban J connectivity index is 2.06. The maximum atomic E-state index is 11.5. The molecule has 0 radical (unpaired) electrons. The van der Waals surface area contributed by atoms with Crippen LogP contribution in [0.2, 0.25) is 0 Å². The van der Waals surface area contributed by atoms with Gasteiger partial charge >= 0.3 is 5.97 Å². The fourth-order valence-electron chi connectivity index (χ4n) is 2.54. The van der Waals surface area contributed by atoms with Gasteiger partial charge in [0.15, 0.2) is 0 Å². The van der Waals surface area contributed by atoms with Crippen LogP contribution in [0.4, 0.5) is 0 Å². The van der Waals surface area contributed by atoms with Crippen molar-refractivity contribution in [2.24, 2.45) is 11.7 Å². The van der Waals surface area contributed by atoms with Crippen LogP contribution >= 0.6 is 0 Å². The Morgan fingerprint density at radius 1 is 1.33 bits per heavy atom. The van der Waals surface area contributed by atoms with Gasteiger partial charge in [-0.1, -0.05) is 6.42 Å². The Hall–Kier alpha value is -0.610. The minimum atomic E-state index is -0.453. The number of fused-ring (bicyclic) bond motifs is 1. The SMILES string of the molecule is C[C@@H]1OC(=O)[C@@H](N)CCC[C@@H]2CCO[C@H]21. The molecular weight excluding hydrogens is 194 g/mol. The first kappa shape index (κ1) is 10.9. The van der Waals surface area contributed by atoms with Gasteiger partial charge in [-0.15, -0.1) is 0 Å². The molecule has 0 spiro atoms. The summed E-state index contributed by atoms with van der Waals surface area (Å²) in [7, 11) is 0. The Bertz CT molecular complexity index is 244. The molecule has 2 saturated heterocycles. The van der Waals surface area contributed by atoms with Crippen molar-refractivity contribution in [1.29, 1.82) is 0 Å². The van der Waals surface area contributed by atoms with Crippen LogP contribution in [-0.4, -0.2) is 30.8 Å². The van der Waals surface area contributed by atoms with Crippen LogP contribution in [0.15, 0.2) is 0 Å². The number of esters is 1. The number of nitrogens with two attached hydrogens (primary N) is 1. The van der Waals surface area contributed by atoms with Gasteiger partial charge in [-0.3, -0.25) is 4.79 Å². The highest BCUT2D eigenvalue weighted by Gasteiger charge is 2.36. The van der Waals surface area contributed by atoms with Crippen LogP contribution in [0.5, 0.6) is 0 Å². The number of hydrogen-bond donors (Lipinski definition) is 1. The molecule has 0 aromatic rings. The van der Waals surface area contributed by atoms with E-state index in [0.29, 0.717) is 5.92 Å². The fourth-order valence-corrected chi connectivity index (χ4v) is 2.54. The molecule has 0 aromatic carbocycles. The first-order valence-corrected chi connectivity index (χ1v) is 5.76. The summed E-state index contributed by atoms with van der Waals surface area (Å²) in [6, 6.07) is -0.453. The van der Waals surface area contributed by atoms with Crippen molar-refractivity contribution in [1.82, 2.24) is 0 Å². The van der Waals surface area contributed by atoms with Crippen molar-refractivity contribution in [3.63, 3.8) is 0 Å². The number of carbonyl (C=O) groups is 1. The van der Waals surface area contributed by atoms with Crippen molar-refractivity contribution in [2.45, 2.75) is 50.9 Å². The third kappa shape index (κ3) is 2.32. The Morgan fingerprint density at radius 2 is 2.13 bits per heavy atom. The normalized spacial score (nSPS) is 42.4. The second-order valence-corrected chi connectivity index (χ2v) is 4.56. The monoisotopic (exact) mass is 213 g/mol. The summed E-state index contributed by atoms with van der Waals surface area (Å²) in [4.78, 5) is 11.5. The van der Waals surface area contributed by atoms with Crippen molar-refractivity contribution in [2.75, 3.05) is 6.61 Å². The molecule has 4 heteroatoms. The molecule has 2 fully saturated rings. The second kappa shape index (κ2) is 4.49. The summed E-state index contributed by atoms with van der Waals surface area (Å²) in [6.45, 7) is 2.70. The first-order chi connectivity index (χ1) is 7.18. The molecule has 0 unspecified atom stereocenters. The van der Waals surface area contributed by atoms with Gasteiger partial charge in [-0.2, -0.15) is 0 Å². The van der Waals surface area contributed by atoms with E-state index in [0.717, 1.165) is 32.3 Å². The standard InChI is InChI=1S/C11H19NO3/c1-7-10-8(5-6-14-10)3-2-4-9(12)11(13)15-7/h7-10H,2-6,12H2,1H3/t7-,8+,9-,10-/m0/s1. The molecular formula is C11H19NO3. The average molecular weight is 213 g/mol. The van der Waals surface area contributed by atoms with Gasteiger partial charge in [-0.05, 0) is 32.1 Å². The van der Waals surface area contributed by atoms with Crippen molar-refractivity contribution >= 4 is 5.97 Å². The van der Waals surface area contributed by atoms with Gasteiger partial charge < -0.3 is 15.2 Å². The van der Waals surface area contributed by atoms with Crippen LogP contribution in [0.25, 0.3) is 0 Å². The predicted octanol–water partition coefficient (Wildman–Crippen LogP) is 0.834. The van der Waals surface area contributed by atoms with Crippen LogP contribution in [0, 0.1) is 5.92 Å². The third-order valence-corrected chi connectivity index (χ3v) is 3.42. The quantitative estimate of drug-likeness (QED) is 0.605. The van der Waals surface area contributed by atoms with E-state index in [9.17, 15) is 4.79 Å². The lowest BCUT2D eigenvalue weighted by atomic mass is 9.92. The number of carbonyl (C=O) groups excluding carboxylic acids is 1. The molecule has 0 aliphatic carbocycles. The predicted molar refractivity (Wildman–Crippen MR) is 55.2 cm³/mol. The lowest BCUT2D eigenvalue weighted by molar-refractivity contribution is -0.156. The van der Waals surface area contributed by atoms with Crippen molar-refractivity contribution in [3.05, 3.63) is 0 Å². The molecule has 2 aliphatic rings. The zero-order valence-electron chi connectivity index (χ0n) is 9.15. The van der Waals surface area contributed by atoms with E-state index in [1.54, 1.807) is 0 Å². The minimum absolute atomic E-state index is 0.0826. The molecule has 2 aliphatic heterocycles. The smallest absolute Gasteiger partial charge is 0.323 e. The maximum absolute atomic E-state index is 11.5. The zero-order chi connectivity index (χ0) is 10.8. The van der Waals surface area contributed by atoms with E-state index < -0.39 is 6.04 Å². The number of ether oxygens (including phenoxy) is 2. The Labute approximate surface area is 90.1 Å². The molecule has 0 amide bonds. The molecule has 2 heterocycles. The van der Waals surface area contributed by atoms with Gasteiger partial charge in [-0.25, -0.2) is 0 Å². The molecule has 4 atom stereocenters. The van der Waals surface area contributed by atoms with Crippen LogP contribution < -0.4 is 5.73 Å². The van der Waals surface area contributed by atoms with Crippen LogP contribution in [0.1, 0.15) is 32.6 Å². The van der Waals surface area contributed by atoms with Gasteiger partial charge in [0.1, 0.15) is 12.1 Å². The topological polar surface area (TPSA) is 61.5 Å². The van der Waals surface area contributed by atoms with E-state index in [-0.39, 0.29) is 18.2 Å². The van der Waals surface area contributed by atoms with Gasteiger partial charge in [0.05, 0.1) is 6.10 Å². The van der Waals surface area contributed by atoms with Crippen molar-refractivity contribution < 1.29 is 14.3 Å². The molecule has 4 nitrogen and oxygen atoms in total. The second-order valence-electron chi connectivity index (χ2n) is 4.56. The van der Waals surface area contributed by atoms with E-state index >= 15 is 0 Å². The summed E-state index contributed by atoms with van der Waals surface area (Å²) < 4.78 is 10.9. The fraction of sp³-hybridized carbons (Fsp3) is 0.909. The average Bonchev–Trinajstić information content (AvgIpc) is 2.65. The molecule has 2 N–H and O–H groups in total. The molecule has 0 saturated carbocycles. The highest BCUT2D eigenvalue weighted by Crippen LogP contribution is 2.30. The summed E-state index contributed by atoms with van der Waals surface area (Å²) in [5.74, 6) is 0.261. The van der Waals surface area contributed by atoms with Crippen LogP contribution in [-0.2, 0) is 14.3 Å². The number of hydrogen-bond acceptors (Lipinski definition) is 4. The third-order valence-electron chi connectivity index (χ3n) is 3.42. The number of rotatable bonds is 0. The van der Waals surface area contributed by atoms with Gasteiger partial charge in [0, 0.05) is 6.61 Å². The summed E-state index contributed by atoms with van der Waals surface area (Å²) in [6.07, 6.45) is 3.83. The van der Waals surface area contributed by atoms with Gasteiger partial charge in [0.2, 0.25) is 0 Å². The van der Waals surface area contributed by atoms with Gasteiger partial charge in [0.25, 0.3) is 0 Å². The molecule has 0 aromatic heterocycles. The highest BCUT2D eigenvalue weighted by atomic mass is 16.6. The first-order valence-electron chi connectivity index (χ1n) is 5.76. The van der Waals surface area contributed by atoms with E-state index in [1.165, 1.54) is 0 Å². The lowest BCUT2D eigenvalue weighted by Crippen LogP contribution is -2.37. The van der Waals surface area contributed by atoms with E-state index in [2.05, 4.69) is 0 Å². The van der Waals surface area contributed by atoms with Crippen molar-refractivity contribution in [3.8, 4) is 0 Å². The molecule has 15 heavy (non-hydrogen) atoms. The molecule has 2 rings (SSSR count). The maximum Gasteiger partial charge on any atom is 0.323 e. The molecule has 86 valence electrons.